The molecule has 1 aromatic rings. The van der Waals surface area contributed by atoms with E-state index in [-0.39, 0.29) is 9.50 Å². The quantitative estimate of drug-likeness (QED) is 0.417. The van der Waals surface area contributed by atoms with Crippen molar-refractivity contribution in [1.29, 1.82) is 0 Å². The number of fused-ring (bicyclic) bond motifs is 1. The first-order valence-electron chi connectivity index (χ1n) is 3.76. The van der Waals surface area contributed by atoms with Crippen molar-refractivity contribution in [3.63, 3.8) is 0 Å². The van der Waals surface area contributed by atoms with Crippen molar-refractivity contribution < 1.29 is 9.53 Å². The van der Waals surface area contributed by atoms with Gasteiger partial charge in [-0.1, -0.05) is 6.07 Å². The summed E-state index contributed by atoms with van der Waals surface area (Å²) in [5.41, 5.74) is 1.96. The number of Topliss-reactive ketones (excluding diaryl/α,β-unsaturated/α-hetero) is 1. The van der Waals surface area contributed by atoms with Crippen molar-refractivity contribution in [1.82, 2.24) is 0 Å². The van der Waals surface area contributed by atoms with Crippen LogP contribution < -0.4 is 0 Å². The second-order valence-corrected chi connectivity index (χ2v) is 3.96. The van der Waals surface area contributed by atoms with Crippen molar-refractivity contribution in [3.05, 3.63) is 34.5 Å². The first-order valence-corrected chi connectivity index (χ1v) is 4.84. The topological polar surface area (TPSA) is 43.1 Å². The van der Waals surface area contributed by atoms with Gasteiger partial charge >= 0.3 is 3.72 Å². The van der Waals surface area contributed by atoms with Crippen LogP contribution in [0.3, 0.4) is 0 Å². The molecule has 0 radical (unpaired) electrons. The zero-order valence-corrected chi connectivity index (χ0v) is 9.03. The number of carbonyl (C=O) groups is 1. The second-order valence-electron chi connectivity index (χ2n) is 2.93. The van der Waals surface area contributed by atoms with E-state index in [1.165, 1.54) is 0 Å². The molecule has 1 aliphatic rings. The van der Waals surface area contributed by atoms with Crippen LogP contribution in [0.4, 0.5) is 5.69 Å². The van der Waals surface area contributed by atoms with Crippen molar-refractivity contribution in [2.45, 2.75) is 6.92 Å². The Morgan fingerprint density at radius 3 is 2.85 bits per heavy atom. The van der Waals surface area contributed by atoms with Gasteiger partial charge in [-0.2, -0.15) is 4.74 Å². The number of hydrogen-bond donors (Lipinski definition) is 0. The lowest BCUT2D eigenvalue weighted by molar-refractivity contribution is -0.351. The maximum absolute atomic E-state index is 11.4. The molecule has 0 unspecified atom stereocenters. The smallest absolute Gasteiger partial charge is 0.301 e. The minimum Gasteiger partial charge on any atom is -0.617 e. The molecule has 0 N–H and O–H groups in total. The van der Waals surface area contributed by atoms with Crippen LogP contribution in [0.15, 0.2) is 18.2 Å². The third-order valence-electron chi connectivity index (χ3n) is 1.98. The highest BCUT2D eigenvalue weighted by atomic mass is 127. The normalized spacial score (nSPS) is 15.1. The van der Waals surface area contributed by atoms with Crippen LogP contribution in [-0.2, 0) is 0 Å². The SMILES string of the molecule is Cc1ccc2c(c1)[N+]([O-])=C(I)C2=O. The molecule has 0 aromatic heterocycles. The van der Waals surface area contributed by atoms with E-state index in [1.807, 2.05) is 13.0 Å². The lowest BCUT2D eigenvalue weighted by atomic mass is 10.1. The van der Waals surface area contributed by atoms with E-state index in [4.69, 9.17) is 0 Å². The average molecular weight is 287 g/mol. The second kappa shape index (κ2) is 2.80. The van der Waals surface area contributed by atoms with E-state index in [9.17, 15) is 10.0 Å². The molecular formula is C9H6INO2. The van der Waals surface area contributed by atoms with E-state index in [0.717, 1.165) is 5.56 Å². The number of benzene rings is 1. The third kappa shape index (κ3) is 1.16. The minimum atomic E-state index is -0.175. The first kappa shape index (κ1) is 8.68. The Morgan fingerprint density at radius 1 is 1.46 bits per heavy atom. The van der Waals surface area contributed by atoms with Gasteiger partial charge < -0.3 is 5.21 Å². The Hall–Kier alpha value is -0.910. The summed E-state index contributed by atoms with van der Waals surface area (Å²) in [6.07, 6.45) is 0. The molecule has 1 heterocycles. The zero-order chi connectivity index (χ0) is 9.59. The number of aryl methyl sites for hydroxylation is 1. The molecule has 2 rings (SSSR count). The molecule has 0 aliphatic carbocycles. The van der Waals surface area contributed by atoms with Gasteiger partial charge in [0.25, 0.3) is 5.78 Å². The number of nitrogens with zero attached hydrogens (tertiary/aromatic N) is 1. The van der Waals surface area contributed by atoms with Crippen LogP contribution in [0.25, 0.3) is 0 Å². The van der Waals surface area contributed by atoms with E-state index in [0.29, 0.717) is 16.0 Å². The summed E-state index contributed by atoms with van der Waals surface area (Å²) in [7, 11) is 0. The molecule has 0 bridgehead atoms. The predicted octanol–water partition coefficient (Wildman–Crippen LogP) is 2.17. The number of halogens is 1. The number of ketones is 1. The zero-order valence-electron chi connectivity index (χ0n) is 6.87. The summed E-state index contributed by atoms with van der Waals surface area (Å²) in [5, 5.41) is 11.4. The summed E-state index contributed by atoms with van der Waals surface area (Å²) in [5.74, 6) is -0.175. The van der Waals surface area contributed by atoms with Gasteiger partial charge in [-0.3, -0.25) is 4.79 Å². The van der Waals surface area contributed by atoms with Crippen LogP contribution >= 0.6 is 22.6 Å². The summed E-state index contributed by atoms with van der Waals surface area (Å²) in [6, 6.07) is 5.26. The summed E-state index contributed by atoms with van der Waals surface area (Å²) < 4.78 is 0.906. The van der Waals surface area contributed by atoms with Gasteiger partial charge in [0, 0.05) is 28.7 Å². The molecule has 4 heteroatoms. The first-order chi connectivity index (χ1) is 6.11. The van der Waals surface area contributed by atoms with Crippen LogP contribution in [0.2, 0.25) is 0 Å². The van der Waals surface area contributed by atoms with Gasteiger partial charge in [0.1, 0.15) is 5.56 Å². The van der Waals surface area contributed by atoms with E-state index >= 15 is 0 Å². The van der Waals surface area contributed by atoms with Gasteiger partial charge in [0.2, 0.25) is 5.69 Å². The van der Waals surface area contributed by atoms with Gasteiger partial charge in [0.05, 0.1) is 0 Å². The highest BCUT2D eigenvalue weighted by Gasteiger charge is 2.33. The molecule has 1 aromatic carbocycles. The maximum Gasteiger partial charge on any atom is 0.301 e. The molecule has 0 saturated heterocycles. The third-order valence-corrected chi connectivity index (χ3v) is 2.91. The molecule has 13 heavy (non-hydrogen) atoms. The Bertz CT molecular complexity index is 437. The van der Waals surface area contributed by atoms with Gasteiger partial charge in [-0.15, -0.1) is 0 Å². The standard InChI is InChI=1S/C9H6INO2/c1-5-2-3-6-7(4-5)11(13)9(10)8(6)12/h2-4H,1H3. The Kier molecular flexibility index (Phi) is 1.87. The minimum absolute atomic E-state index is 0.175. The Morgan fingerprint density at radius 2 is 2.15 bits per heavy atom. The van der Waals surface area contributed by atoms with Gasteiger partial charge in [-0.25, -0.2) is 0 Å². The molecule has 0 atom stereocenters. The Balaban J connectivity index is 2.72. The van der Waals surface area contributed by atoms with Crippen LogP contribution in [-0.4, -0.2) is 14.2 Å². The number of rotatable bonds is 0. The molecule has 1 aliphatic heterocycles. The van der Waals surface area contributed by atoms with E-state index in [1.54, 1.807) is 34.7 Å². The lowest BCUT2D eigenvalue weighted by Crippen LogP contribution is -2.05. The summed E-state index contributed by atoms with van der Waals surface area (Å²) in [6.45, 7) is 1.89. The molecule has 0 amide bonds. The fourth-order valence-corrected chi connectivity index (χ4v) is 1.86. The largest absolute Gasteiger partial charge is 0.617 e. The van der Waals surface area contributed by atoms with Crippen molar-refractivity contribution in [3.8, 4) is 0 Å². The molecule has 3 nitrogen and oxygen atoms in total. The van der Waals surface area contributed by atoms with Gasteiger partial charge in [-0.05, 0) is 18.6 Å². The molecule has 0 spiro atoms. The highest BCUT2D eigenvalue weighted by Crippen LogP contribution is 2.28. The van der Waals surface area contributed by atoms with Crippen LogP contribution in [0, 0.1) is 12.1 Å². The average Bonchev–Trinajstić information content (AvgIpc) is 2.32. The maximum atomic E-state index is 11.4. The molecule has 66 valence electrons. The van der Waals surface area contributed by atoms with Crippen LogP contribution in [0.1, 0.15) is 15.9 Å². The lowest BCUT2D eigenvalue weighted by Gasteiger charge is -1.99. The monoisotopic (exact) mass is 287 g/mol. The highest BCUT2D eigenvalue weighted by molar-refractivity contribution is 14.1. The fraction of sp³-hybridized carbons (Fsp3) is 0.111. The summed E-state index contributed by atoms with van der Waals surface area (Å²) >= 11 is 1.77. The van der Waals surface area contributed by atoms with Crippen molar-refractivity contribution in [2.75, 3.05) is 0 Å². The Labute approximate surface area is 88.8 Å². The molecule has 0 fully saturated rings. The van der Waals surface area contributed by atoms with Crippen molar-refractivity contribution in [2.24, 2.45) is 0 Å². The van der Waals surface area contributed by atoms with Crippen molar-refractivity contribution >= 4 is 37.8 Å². The van der Waals surface area contributed by atoms with E-state index < -0.39 is 0 Å². The number of carbonyl (C=O) groups excluding carboxylic acids is 1. The summed E-state index contributed by atoms with van der Waals surface area (Å²) in [4.78, 5) is 11.4. The van der Waals surface area contributed by atoms with Crippen LogP contribution in [0.5, 0.6) is 0 Å². The number of hydrogen-bond acceptors (Lipinski definition) is 2. The predicted molar refractivity (Wildman–Crippen MR) is 57.8 cm³/mol. The fourth-order valence-electron chi connectivity index (χ4n) is 1.31. The molecular weight excluding hydrogens is 281 g/mol. The van der Waals surface area contributed by atoms with E-state index in [2.05, 4.69) is 0 Å². The van der Waals surface area contributed by atoms with Gasteiger partial charge in [0.15, 0.2) is 0 Å². The molecule has 0 saturated carbocycles.